The smallest absolute Gasteiger partial charge is 0.272 e. The van der Waals surface area contributed by atoms with Crippen LogP contribution in [0, 0.1) is 6.92 Å². The standard InChI is InChI=1S/C17H25N5O/c1-13-11-15(21(3)19-13)17(23)22(14-7-5-4-6-8-14)12-16-18-9-10-20(16)2/h9-11,14H,4-8,12H2,1-3H3. The lowest BCUT2D eigenvalue weighted by molar-refractivity contribution is 0.0594. The quantitative estimate of drug-likeness (QED) is 0.871. The zero-order valence-electron chi connectivity index (χ0n) is 14.2. The number of imidazole rings is 1. The maximum atomic E-state index is 13.1. The van der Waals surface area contributed by atoms with Crippen molar-refractivity contribution < 1.29 is 4.79 Å². The van der Waals surface area contributed by atoms with Crippen LogP contribution in [0.25, 0.3) is 0 Å². The van der Waals surface area contributed by atoms with Crippen LogP contribution in [-0.4, -0.2) is 36.2 Å². The van der Waals surface area contributed by atoms with Crippen LogP contribution in [0.5, 0.6) is 0 Å². The molecule has 0 aliphatic heterocycles. The molecule has 0 bridgehead atoms. The Morgan fingerprint density at radius 3 is 2.61 bits per heavy atom. The molecule has 0 aromatic carbocycles. The molecule has 0 N–H and O–H groups in total. The number of hydrogen-bond acceptors (Lipinski definition) is 3. The van der Waals surface area contributed by atoms with Gasteiger partial charge >= 0.3 is 0 Å². The van der Waals surface area contributed by atoms with Crippen LogP contribution in [-0.2, 0) is 20.6 Å². The second-order valence-electron chi connectivity index (χ2n) is 6.47. The van der Waals surface area contributed by atoms with E-state index in [4.69, 9.17) is 0 Å². The molecule has 1 aliphatic rings. The van der Waals surface area contributed by atoms with Crippen LogP contribution in [0.4, 0.5) is 0 Å². The predicted molar refractivity (Wildman–Crippen MR) is 87.9 cm³/mol. The van der Waals surface area contributed by atoms with Crippen molar-refractivity contribution in [3.63, 3.8) is 0 Å². The van der Waals surface area contributed by atoms with Gasteiger partial charge in [-0.15, -0.1) is 0 Å². The molecule has 1 amide bonds. The first-order chi connectivity index (χ1) is 11.1. The van der Waals surface area contributed by atoms with E-state index in [1.807, 2.05) is 42.7 Å². The van der Waals surface area contributed by atoms with Crippen molar-refractivity contribution in [1.82, 2.24) is 24.2 Å². The molecular formula is C17H25N5O. The Kier molecular flexibility index (Phi) is 4.50. The van der Waals surface area contributed by atoms with Gasteiger partial charge in [0.05, 0.1) is 12.2 Å². The third kappa shape index (κ3) is 3.30. The van der Waals surface area contributed by atoms with Crippen LogP contribution < -0.4 is 0 Å². The molecule has 2 aromatic heterocycles. The van der Waals surface area contributed by atoms with Crippen molar-refractivity contribution in [2.45, 2.75) is 51.6 Å². The molecule has 2 aromatic rings. The Labute approximate surface area is 137 Å². The third-order valence-electron chi connectivity index (χ3n) is 4.73. The number of amides is 1. The first kappa shape index (κ1) is 15.8. The Bertz CT molecular complexity index is 681. The fourth-order valence-corrected chi connectivity index (χ4v) is 3.42. The fourth-order valence-electron chi connectivity index (χ4n) is 3.42. The highest BCUT2D eigenvalue weighted by molar-refractivity contribution is 5.92. The molecule has 6 nitrogen and oxygen atoms in total. The summed E-state index contributed by atoms with van der Waals surface area (Å²) < 4.78 is 3.67. The molecular weight excluding hydrogens is 290 g/mol. The van der Waals surface area contributed by atoms with Gasteiger partial charge in [0, 0.05) is 32.5 Å². The van der Waals surface area contributed by atoms with Gasteiger partial charge in [0.15, 0.2) is 0 Å². The molecule has 1 saturated carbocycles. The third-order valence-corrected chi connectivity index (χ3v) is 4.73. The molecule has 0 saturated heterocycles. The number of aromatic nitrogens is 4. The van der Waals surface area contributed by atoms with Gasteiger partial charge in [-0.05, 0) is 25.8 Å². The summed E-state index contributed by atoms with van der Waals surface area (Å²) in [5.74, 6) is 0.978. The van der Waals surface area contributed by atoms with Crippen molar-refractivity contribution >= 4 is 5.91 Å². The maximum Gasteiger partial charge on any atom is 0.272 e. The second-order valence-corrected chi connectivity index (χ2v) is 6.47. The normalized spacial score (nSPS) is 15.8. The predicted octanol–water partition coefficient (Wildman–Crippen LogP) is 2.44. The molecule has 6 heteroatoms. The highest BCUT2D eigenvalue weighted by Crippen LogP contribution is 2.25. The van der Waals surface area contributed by atoms with E-state index in [0.29, 0.717) is 18.3 Å². The van der Waals surface area contributed by atoms with Gasteiger partial charge in [0.2, 0.25) is 0 Å². The molecule has 3 rings (SSSR count). The van der Waals surface area contributed by atoms with Crippen molar-refractivity contribution in [2.75, 3.05) is 0 Å². The Hall–Kier alpha value is -2.11. The lowest BCUT2D eigenvalue weighted by Crippen LogP contribution is -2.42. The van der Waals surface area contributed by atoms with Crippen LogP contribution in [0.1, 0.15) is 54.1 Å². The summed E-state index contributed by atoms with van der Waals surface area (Å²) in [4.78, 5) is 19.5. The van der Waals surface area contributed by atoms with E-state index >= 15 is 0 Å². The van der Waals surface area contributed by atoms with Crippen LogP contribution in [0.15, 0.2) is 18.5 Å². The first-order valence-electron chi connectivity index (χ1n) is 8.34. The van der Waals surface area contributed by atoms with E-state index in [9.17, 15) is 4.79 Å². The van der Waals surface area contributed by atoms with E-state index in [2.05, 4.69) is 10.1 Å². The van der Waals surface area contributed by atoms with Gasteiger partial charge in [0.25, 0.3) is 5.91 Å². The van der Waals surface area contributed by atoms with Crippen LogP contribution >= 0.6 is 0 Å². The maximum absolute atomic E-state index is 13.1. The minimum absolute atomic E-state index is 0.0583. The molecule has 0 spiro atoms. The summed E-state index contributed by atoms with van der Waals surface area (Å²) >= 11 is 0. The van der Waals surface area contributed by atoms with Crippen LogP contribution in [0.3, 0.4) is 0 Å². The molecule has 2 heterocycles. The van der Waals surface area contributed by atoms with Crippen molar-refractivity contribution in [3.8, 4) is 0 Å². The Morgan fingerprint density at radius 2 is 2.04 bits per heavy atom. The van der Waals surface area contributed by atoms with E-state index in [0.717, 1.165) is 24.4 Å². The number of nitrogens with zero attached hydrogens (tertiary/aromatic N) is 5. The summed E-state index contributed by atoms with van der Waals surface area (Å²) in [6.45, 7) is 2.47. The average Bonchev–Trinajstić information content (AvgIpc) is 3.10. The highest BCUT2D eigenvalue weighted by atomic mass is 16.2. The molecule has 0 atom stereocenters. The number of aryl methyl sites for hydroxylation is 3. The molecule has 23 heavy (non-hydrogen) atoms. The molecule has 124 valence electrons. The molecule has 1 fully saturated rings. The van der Waals surface area contributed by atoms with E-state index < -0.39 is 0 Å². The fraction of sp³-hybridized carbons (Fsp3) is 0.588. The SMILES string of the molecule is Cc1cc(C(=O)N(Cc2nccn2C)C2CCCCC2)n(C)n1. The second kappa shape index (κ2) is 6.56. The van der Waals surface area contributed by atoms with Crippen molar-refractivity contribution in [1.29, 1.82) is 0 Å². The molecule has 0 radical (unpaired) electrons. The lowest BCUT2D eigenvalue weighted by Gasteiger charge is -2.34. The van der Waals surface area contributed by atoms with Crippen molar-refractivity contribution in [2.24, 2.45) is 14.1 Å². The molecule has 1 aliphatic carbocycles. The minimum Gasteiger partial charge on any atom is -0.337 e. The minimum atomic E-state index is 0.0583. The number of rotatable bonds is 4. The summed E-state index contributed by atoms with van der Waals surface area (Å²) in [5.41, 5.74) is 1.53. The number of carbonyl (C=O) groups is 1. The number of hydrogen-bond donors (Lipinski definition) is 0. The van der Waals surface area contributed by atoms with E-state index in [1.54, 1.807) is 10.9 Å². The lowest BCUT2D eigenvalue weighted by atomic mass is 9.94. The Balaban J connectivity index is 1.89. The zero-order valence-corrected chi connectivity index (χ0v) is 14.2. The van der Waals surface area contributed by atoms with E-state index in [-0.39, 0.29) is 5.91 Å². The van der Waals surface area contributed by atoms with E-state index in [1.165, 1.54) is 19.3 Å². The number of carbonyl (C=O) groups excluding carboxylic acids is 1. The van der Waals surface area contributed by atoms with Gasteiger partial charge in [-0.1, -0.05) is 19.3 Å². The first-order valence-corrected chi connectivity index (χ1v) is 8.34. The molecule has 0 unspecified atom stereocenters. The van der Waals surface area contributed by atoms with Gasteiger partial charge in [0.1, 0.15) is 11.5 Å². The van der Waals surface area contributed by atoms with Gasteiger partial charge < -0.3 is 9.47 Å². The average molecular weight is 315 g/mol. The van der Waals surface area contributed by atoms with Crippen LogP contribution in [0.2, 0.25) is 0 Å². The summed E-state index contributed by atoms with van der Waals surface area (Å²) in [6, 6.07) is 2.17. The van der Waals surface area contributed by atoms with Gasteiger partial charge in [-0.25, -0.2) is 4.98 Å². The topological polar surface area (TPSA) is 56.0 Å². The summed E-state index contributed by atoms with van der Waals surface area (Å²) in [6.07, 6.45) is 9.52. The summed E-state index contributed by atoms with van der Waals surface area (Å²) in [5, 5.41) is 4.32. The van der Waals surface area contributed by atoms with Crippen molar-refractivity contribution in [3.05, 3.63) is 35.7 Å². The summed E-state index contributed by atoms with van der Waals surface area (Å²) in [7, 11) is 3.81. The zero-order chi connectivity index (χ0) is 16.4. The monoisotopic (exact) mass is 315 g/mol. The van der Waals surface area contributed by atoms with Gasteiger partial charge in [-0.3, -0.25) is 9.48 Å². The largest absolute Gasteiger partial charge is 0.337 e. The van der Waals surface area contributed by atoms with Gasteiger partial charge in [-0.2, -0.15) is 5.10 Å². The highest BCUT2D eigenvalue weighted by Gasteiger charge is 2.29. The Morgan fingerprint density at radius 1 is 1.30 bits per heavy atom.